The van der Waals surface area contributed by atoms with Gasteiger partial charge in [-0.1, -0.05) is 30.7 Å². The smallest absolute Gasteiger partial charge is 0.306 e. The number of carbonyl (C=O) groups excluding carboxylic acids is 2. The fourth-order valence-electron chi connectivity index (χ4n) is 2.75. The van der Waals surface area contributed by atoms with E-state index in [1.54, 1.807) is 44.4 Å². The molecular formula is C19H19ClN2O4. The van der Waals surface area contributed by atoms with Crippen LogP contribution < -0.4 is 0 Å². The lowest BCUT2D eigenvalue weighted by molar-refractivity contribution is -0.159. The Morgan fingerprint density at radius 1 is 1.35 bits per heavy atom. The number of esters is 1. The lowest BCUT2D eigenvalue weighted by atomic mass is 10.0. The van der Waals surface area contributed by atoms with Gasteiger partial charge in [-0.2, -0.15) is 5.10 Å². The van der Waals surface area contributed by atoms with Crippen LogP contribution in [0.4, 0.5) is 0 Å². The third kappa shape index (κ3) is 3.80. The summed E-state index contributed by atoms with van der Waals surface area (Å²) in [6, 6.07) is 10.4. The second-order valence-electron chi connectivity index (χ2n) is 5.96. The van der Waals surface area contributed by atoms with Crippen LogP contribution in [-0.4, -0.2) is 28.7 Å². The van der Waals surface area contributed by atoms with Crippen LogP contribution in [0.3, 0.4) is 0 Å². The molecule has 1 aromatic carbocycles. The Hall–Kier alpha value is -2.60. The predicted molar refractivity (Wildman–Crippen MR) is 96.7 cm³/mol. The Bertz CT molecular complexity index is 815. The van der Waals surface area contributed by atoms with Gasteiger partial charge in [0, 0.05) is 17.9 Å². The average molecular weight is 375 g/mol. The second kappa shape index (κ2) is 7.74. The van der Waals surface area contributed by atoms with Gasteiger partial charge in [-0.25, -0.2) is 5.01 Å². The van der Waals surface area contributed by atoms with Gasteiger partial charge in [0.1, 0.15) is 11.8 Å². The molecule has 0 spiro atoms. The summed E-state index contributed by atoms with van der Waals surface area (Å²) in [5.74, 6) is -0.196. The summed E-state index contributed by atoms with van der Waals surface area (Å²) < 4.78 is 10.6. The topological polar surface area (TPSA) is 72.1 Å². The minimum absolute atomic E-state index is 0.207. The Kier molecular flexibility index (Phi) is 5.42. The normalized spacial score (nSPS) is 17.7. The van der Waals surface area contributed by atoms with E-state index in [0.29, 0.717) is 17.2 Å². The van der Waals surface area contributed by atoms with Crippen molar-refractivity contribution in [3.63, 3.8) is 0 Å². The van der Waals surface area contributed by atoms with E-state index in [-0.39, 0.29) is 12.5 Å². The molecule has 6 nitrogen and oxygen atoms in total. The van der Waals surface area contributed by atoms with Gasteiger partial charge in [-0.05, 0) is 36.8 Å². The molecule has 2 aromatic rings. The predicted octanol–water partition coefficient (Wildman–Crippen LogP) is 3.95. The molecule has 1 aliphatic rings. The zero-order chi connectivity index (χ0) is 18.7. The fourth-order valence-corrected chi connectivity index (χ4v) is 2.88. The number of nitrogens with zero attached hydrogens (tertiary/aromatic N) is 2. The maximum atomic E-state index is 12.8. The molecule has 0 unspecified atom stereocenters. The van der Waals surface area contributed by atoms with E-state index in [1.807, 2.05) is 12.1 Å². The number of ether oxygens (including phenoxy) is 1. The van der Waals surface area contributed by atoms with Crippen LogP contribution in [0, 0.1) is 0 Å². The van der Waals surface area contributed by atoms with Crippen LogP contribution in [0.1, 0.15) is 44.1 Å². The van der Waals surface area contributed by atoms with Crippen molar-refractivity contribution in [1.82, 2.24) is 5.01 Å². The molecule has 0 saturated carbocycles. The summed E-state index contributed by atoms with van der Waals surface area (Å²) >= 11 is 5.94. The first kappa shape index (κ1) is 18.2. The monoisotopic (exact) mass is 374 g/mol. The number of carbonyl (C=O) groups is 2. The van der Waals surface area contributed by atoms with E-state index < -0.39 is 18.0 Å². The minimum atomic E-state index is -0.923. The highest BCUT2D eigenvalue weighted by Gasteiger charge is 2.37. The molecular weight excluding hydrogens is 356 g/mol. The molecule has 1 aromatic heterocycles. The third-order valence-electron chi connectivity index (χ3n) is 4.13. The van der Waals surface area contributed by atoms with E-state index in [9.17, 15) is 9.59 Å². The van der Waals surface area contributed by atoms with Crippen molar-refractivity contribution in [2.45, 2.75) is 38.8 Å². The molecule has 136 valence electrons. The highest BCUT2D eigenvalue weighted by Crippen LogP contribution is 2.34. The zero-order valence-corrected chi connectivity index (χ0v) is 15.3. The van der Waals surface area contributed by atoms with Crippen LogP contribution >= 0.6 is 11.6 Å². The molecule has 2 heterocycles. The quantitative estimate of drug-likeness (QED) is 0.743. The molecule has 0 aliphatic carbocycles. The Morgan fingerprint density at radius 2 is 2.08 bits per heavy atom. The van der Waals surface area contributed by atoms with Crippen molar-refractivity contribution in [2.24, 2.45) is 5.10 Å². The van der Waals surface area contributed by atoms with Gasteiger partial charge in [0.15, 0.2) is 6.10 Å². The van der Waals surface area contributed by atoms with Crippen LogP contribution in [-0.2, 0) is 14.3 Å². The first-order valence-corrected chi connectivity index (χ1v) is 8.76. The fraction of sp³-hybridized carbons (Fsp3) is 0.316. The number of halogens is 1. The molecule has 26 heavy (non-hydrogen) atoms. The first-order valence-electron chi connectivity index (χ1n) is 8.39. The Labute approximate surface area is 156 Å². The van der Waals surface area contributed by atoms with Crippen LogP contribution in [0.2, 0.25) is 5.02 Å². The number of hydrogen-bond acceptors (Lipinski definition) is 5. The van der Waals surface area contributed by atoms with Crippen LogP contribution in [0.25, 0.3) is 0 Å². The standard InChI is InChI=1S/C19H19ClN2O4/c1-3-18(23)26-12(2)19(24)22-16(17-5-4-10-25-17)11-15(21-22)13-6-8-14(20)9-7-13/h4-10,12,16H,3,11H2,1-2H3/t12-,16+/m0/s1. The summed E-state index contributed by atoms with van der Waals surface area (Å²) in [4.78, 5) is 24.3. The van der Waals surface area contributed by atoms with Crippen LogP contribution in [0.5, 0.6) is 0 Å². The SMILES string of the molecule is CCC(=O)O[C@@H](C)C(=O)N1N=C(c2ccc(Cl)cc2)C[C@@H]1c1ccco1. The second-order valence-corrected chi connectivity index (χ2v) is 6.39. The molecule has 0 saturated heterocycles. The third-order valence-corrected chi connectivity index (χ3v) is 4.38. The molecule has 0 bridgehead atoms. The van der Waals surface area contributed by atoms with E-state index in [2.05, 4.69) is 5.10 Å². The zero-order valence-electron chi connectivity index (χ0n) is 14.5. The highest BCUT2D eigenvalue weighted by molar-refractivity contribution is 6.30. The summed E-state index contributed by atoms with van der Waals surface area (Å²) in [7, 11) is 0. The molecule has 3 rings (SSSR count). The number of furan rings is 1. The van der Waals surface area contributed by atoms with Crippen LogP contribution in [0.15, 0.2) is 52.2 Å². The van der Waals surface area contributed by atoms with Gasteiger partial charge in [0.25, 0.3) is 5.91 Å². The van der Waals surface area contributed by atoms with Gasteiger partial charge in [-0.15, -0.1) is 0 Å². The van der Waals surface area contributed by atoms with Gasteiger partial charge in [0.2, 0.25) is 0 Å². The summed E-state index contributed by atoms with van der Waals surface area (Å²) in [6.45, 7) is 3.22. The lowest BCUT2D eigenvalue weighted by Gasteiger charge is -2.23. The highest BCUT2D eigenvalue weighted by atomic mass is 35.5. The Balaban J connectivity index is 1.88. The summed E-state index contributed by atoms with van der Waals surface area (Å²) in [5, 5.41) is 6.46. The number of benzene rings is 1. The molecule has 0 fully saturated rings. The van der Waals surface area contributed by atoms with Crippen molar-refractivity contribution in [3.8, 4) is 0 Å². The van der Waals surface area contributed by atoms with Gasteiger partial charge in [-0.3, -0.25) is 9.59 Å². The molecule has 1 aliphatic heterocycles. The van der Waals surface area contributed by atoms with E-state index in [0.717, 1.165) is 11.3 Å². The van der Waals surface area contributed by atoms with E-state index in [4.69, 9.17) is 20.8 Å². The lowest BCUT2D eigenvalue weighted by Crippen LogP contribution is -2.37. The largest absolute Gasteiger partial charge is 0.467 e. The summed E-state index contributed by atoms with van der Waals surface area (Å²) in [5.41, 5.74) is 1.62. The van der Waals surface area contributed by atoms with Gasteiger partial charge >= 0.3 is 5.97 Å². The van der Waals surface area contributed by atoms with Gasteiger partial charge in [0.05, 0.1) is 12.0 Å². The molecule has 1 amide bonds. The maximum Gasteiger partial charge on any atom is 0.306 e. The molecule has 2 atom stereocenters. The number of hydrogen-bond donors (Lipinski definition) is 0. The molecule has 7 heteroatoms. The van der Waals surface area contributed by atoms with Crippen molar-refractivity contribution < 1.29 is 18.7 Å². The van der Waals surface area contributed by atoms with E-state index in [1.165, 1.54) is 5.01 Å². The Morgan fingerprint density at radius 3 is 2.69 bits per heavy atom. The number of rotatable bonds is 5. The van der Waals surface area contributed by atoms with Crippen molar-refractivity contribution >= 4 is 29.2 Å². The molecule has 0 N–H and O–H groups in total. The molecule has 0 radical (unpaired) electrons. The van der Waals surface area contributed by atoms with Gasteiger partial charge < -0.3 is 9.15 Å². The number of amides is 1. The minimum Gasteiger partial charge on any atom is -0.467 e. The number of hydrazone groups is 1. The van der Waals surface area contributed by atoms with Crippen molar-refractivity contribution in [1.29, 1.82) is 0 Å². The van der Waals surface area contributed by atoms with E-state index >= 15 is 0 Å². The average Bonchev–Trinajstić information content (AvgIpc) is 3.30. The van der Waals surface area contributed by atoms with Crippen molar-refractivity contribution in [2.75, 3.05) is 0 Å². The maximum absolute atomic E-state index is 12.8. The summed E-state index contributed by atoms with van der Waals surface area (Å²) in [6.07, 6.45) is 1.33. The first-order chi connectivity index (χ1) is 12.5. The van der Waals surface area contributed by atoms with Crippen molar-refractivity contribution in [3.05, 3.63) is 59.0 Å².